The largest absolute Gasteiger partial charge is 0.372 e. The highest BCUT2D eigenvalue weighted by molar-refractivity contribution is 5.77. The number of ether oxygens (including phenoxy) is 1. The normalized spacial score (nSPS) is 12.9. The lowest BCUT2D eigenvalue weighted by Crippen LogP contribution is -2.14. The third-order valence-corrected chi connectivity index (χ3v) is 6.33. The van der Waals surface area contributed by atoms with E-state index in [1.165, 1.54) is 22.3 Å². The minimum absolute atomic E-state index is 0.587. The highest BCUT2D eigenvalue weighted by Gasteiger charge is 2.17. The van der Waals surface area contributed by atoms with Gasteiger partial charge < -0.3 is 25.3 Å². The zero-order valence-corrected chi connectivity index (χ0v) is 20.6. The van der Waals surface area contributed by atoms with E-state index in [4.69, 9.17) is 4.74 Å². The van der Waals surface area contributed by atoms with Crippen LogP contribution in [0, 0.1) is 0 Å². The molecule has 0 aliphatic carbocycles. The topological polar surface area (TPSA) is 90.7 Å². The van der Waals surface area contributed by atoms with Crippen LogP contribution in [0.2, 0.25) is 0 Å². The van der Waals surface area contributed by atoms with E-state index < -0.39 is 0 Å². The number of benzene rings is 2. The lowest BCUT2D eigenvalue weighted by atomic mass is 9.93. The molecule has 7 heteroatoms. The van der Waals surface area contributed by atoms with Gasteiger partial charge in [-0.1, -0.05) is 38.1 Å². The monoisotopic (exact) mass is 470 g/mol. The summed E-state index contributed by atoms with van der Waals surface area (Å²) < 4.78 is 6.10. The lowest BCUT2D eigenvalue weighted by Gasteiger charge is -2.11. The third kappa shape index (κ3) is 5.37. The molecule has 1 aliphatic rings. The number of hydrogen-bond acceptors (Lipinski definition) is 5. The van der Waals surface area contributed by atoms with Gasteiger partial charge in [-0.15, -0.1) is 0 Å². The molecule has 3 heterocycles. The minimum atomic E-state index is 0.587. The van der Waals surface area contributed by atoms with E-state index >= 15 is 0 Å². The van der Waals surface area contributed by atoms with Gasteiger partial charge in [0.1, 0.15) is 11.6 Å². The van der Waals surface area contributed by atoms with Crippen LogP contribution in [0.5, 0.6) is 0 Å². The summed E-state index contributed by atoms with van der Waals surface area (Å²) in [6.45, 7) is 8.99. The van der Waals surface area contributed by atoms with Gasteiger partial charge in [-0.25, -0.2) is 9.97 Å². The van der Waals surface area contributed by atoms with Crippen LogP contribution in [-0.2, 0) is 31.0 Å². The van der Waals surface area contributed by atoms with Gasteiger partial charge in [0.2, 0.25) is 0 Å². The van der Waals surface area contributed by atoms with Gasteiger partial charge >= 0.3 is 0 Å². The second kappa shape index (κ2) is 11.0. The molecule has 182 valence electrons. The molecular weight excluding hydrogens is 436 g/mol. The van der Waals surface area contributed by atoms with E-state index in [1.807, 2.05) is 12.4 Å². The number of rotatable bonds is 10. The first kappa shape index (κ1) is 23.5. The summed E-state index contributed by atoms with van der Waals surface area (Å²) in [5, 5.41) is 6.78. The van der Waals surface area contributed by atoms with Crippen molar-refractivity contribution in [1.29, 1.82) is 0 Å². The summed E-state index contributed by atoms with van der Waals surface area (Å²) in [4.78, 5) is 16.0. The number of nitrogens with one attached hydrogen (secondary N) is 4. The molecule has 0 bridgehead atoms. The second-order valence-electron chi connectivity index (χ2n) is 9.08. The number of imidazole rings is 2. The first-order chi connectivity index (χ1) is 17.2. The van der Waals surface area contributed by atoms with Crippen LogP contribution in [0.4, 0.5) is 0 Å². The summed E-state index contributed by atoms with van der Waals surface area (Å²) in [6, 6.07) is 13.2. The van der Waals surface area contributed by atoms with E-state index in [9.17, 15) is 0 Å². The molecular formula is C28H34N6O. The average molecular weight is 471 g/mol. The Balaban J connectivity index is 1.37. The Hall–Kier alpha value is -3.26. The summed E-state index contributed by atoms with van der Waals surface area (Å²) in [5.74, 6) is 1.92. The number of fused-ring (bicyclic) bond motifs is 3. The molecule has 0 saturated carbocycles. The maximum atomic E-state index is 6.10. The van der Waals surface area contributed by atoms with Gasteiger partial charge in [0.15, 0.2) is 0 Å². The molecule has 35 heavy (non-hydrogen) atoms. The van der Waals surface area contributed by atoms with Crippen LogP contribution in [0.15, 0.2) is 48.8 Å². The summed E-state index contributed by atoms with van der Waals surface area (Å²) in [7, 11) is 0. The molecule has 4 aromatic rings. The van der Waals surface area contributed by atoms with Crippen LogP contribution in [-0.4, -0.2) is 33.0 Å². The zero-order chi connectivity index (χ0) is 24.0. The molecule has 0 spiro atoms. The Morgan fingerprint density at radius 2 is 1.23 bits per heavy atom. The van der Waals surface area contributed by atoms with Crippen LogP contribution >= 0.6 is 0 Å². The fourth-order valence-electron chi connectivity index (χ4n) is 4.52. The summed E-state index contributed by atoms with van der Waals surface area (Å²) in [6.07, 6.45) is 6.05. The van der Waals surface area contributed by atoms with Crippen molar-refractivity contribution in [2.75, 3.05) is 13.1 Å². The van der Waals surface area contributed by atoms with Gasteiger partial charge in [0, 0.05) is 0 Å². The van der Waals surface area contributed by atoms with Crippen LogP contribution < -0.4 is 10.6 Å². The fraction of sp³-hybridized carbons (Fsp3) is 0.357. The number of nitrogens with zero attached hydrogens (tertiary/aromatic N) is 2. The molecule has 0 radical (unpaired) electrons. The maximum Gasteiger partial charge on any atom is 0.120 e. The quantitative estimate of drug-likeness (QED) is 0.240. The predicted molar refractivity (Wildman–Crippen MR) is 140 cm³/mol. The number of H-pyrrole nitrogens is 2. The smallest absolute Gasteiger partial charge is 0.120 e. The minimum Gasteiger partial charge on any atom is -0.372 e. The molecule has 0 unspecified atom stereocenters. The van der Waals surface area contributed by atoms with Crippen molar-refractivity contribution < 1.29 is 4.74 Å². The highest BCUT2D eigenvalue weighted by atomic mass is 16.5. The van der Waals surface area contributed by atoms with Crippen LogP contribution in [0.1, 0.15) is 49.5 Å². The van der Waals surface area contributed by atoms with Crippen molar-refractivity contribution in [3.05, 3.63) is 71.6 Å². The van der Waals surface area contributed by atoms with E-state index in [0.717, 1.165) is 73.2 Å². The molecule has 1 aliphatic heterocycles. The summed E-state index contributed by atoms with van der Waals surface area (Å²) in [5.41, 5.74) is 9.16. The standard InChI is InChI=1S/C28H34N6O/c1-3-9-29-15-27-31-13-25(33-27)19-5-7-23-21(11-19)17-35-18-22-12-20(6-8-24(22)23)26-14-32-28(34-26)16-30-10-4-2/h5-8,11-14,29-30H,3-4,9-10,15-18H2,1-2H3,(H,31,33)(H,32,34). The molecule has 2 aromatic carbocycles. The van der Waals surface area contributed by atoms with E-state index in [-0.39, 0.29) is 0 Å². The van der Waals surface area contributed by atoms with E-state index in [2.05, 4.69) is 80.8 Å². The molecule has 0 saturated heterocycles. The van der Waals surface area contributed by atoms with Crippen LogP contribution in [0.3, 0.4) is 0 Å². The molecule has 0 amide bonds. The molecule has 5 rings (SSSR count). The maximum absolute atomic E-state index is 6.10. The zero-order valence-electron chi connectivity index (χ0n) is 20.6. The first-order valence-corrected chi connectivity index (χ1v) is 12.6. The number of aromatic nitrogens is 4. The van der Waals surface area contributed by atoms with Crippen molar-refractivity contribution in [2.45, 2.75) is 53.0 Å². The fourth-order valence-corrected chi connectivity index (χ4v) is 4.52. The Morgan fingerprint density at radius 1 is 0.743 bits per heavy atom. The molecule has 4 N–H and O–H groups in total. The van der Waals surface area contributed by atoms with Gasteiger partial charge in [-0.05, 0) is 71.4 Å². The summed E-state index contributed by atoms with van der Waals surface area (Å²) >= 11 is 0. The third-order valence-electron chi connectivity index (χ3n) is 6.33. The Bertz CT molecular complexity index is 1180. The van der Waals surface area contributed by atoms with Gasteiger partial charge in [-0.2, -0.15) is 0 Å². The van der Waals surface area contributed by atoms with Crippen molar-refractivity contribution >= 4 is 0 Å². The van der Waals surface area contributed by atoms with Crippen molar-refractivity contribution in [3.63, 3.8) is 0 Å². The van der Waals surface area contributed by atoms with Crippen molar-refractivity contribution in [1.82, 2.24) is 30.6 Å². The van der Waals surface area contributed by atoms with Gasteiger partial charge in [0.25, 0.3) is 0 Å². The lowest BCUT2D eigenvalue weighted by molar-refractivity contribution is 0.110. The van der Waals surface area contributed by atoms with E-state index in [1.54, 1.807) is 0 Å². The van der Waals surface area contributed by atoms with Gasteiger partial charge in [0.05, 0.1) is 50.1 Å². The SMILES string of the molecule is CCCNCc1ncc(-c2ccc3c(c2)COCc2cc(-c4cnc(CNCCC)[nH]4)ccc2-3)[nH]1. The first-order valence-electron chi connectivity index (χ1n) is 12.6. The Labute approximate surface area is 206 Å². The Kier molecular flexibility index (Phi) is 7.37. The number of aromatic amines is 2. The van der Waals surface area contributed by atoms with Crippen molar-refractivity contribution in [2.24, 2.45) is 0 Å². The molecule has 0 fully saturated rings. The molecule has 7 nitrogen and oxygen atoms in total. The predicted octanol–water partition coefficient (Wildman–Crippen LogP) is 5.16. The highest BCUT2D eigenvalue weighted by Crippen LogP contribution is 2.36. The second-order valence-corrected chi connectivity index (χ2v) is 9.08. The van der Waals surface area contributed by atoms with Crippen LogP contribution in [0.25, 0.3) is 33.6 Å². The number of hydrogen-bond donors (Lipinski definition) is 4. The Morgan fingerprint density at radius 3 is 1.69 bits per heavy atom. The van der Waals surface area contributed by atoms with Gasteiger partial charge in [-0.3, -0.25) is 0 Å². The molecule has 2 aromatic heterocycles. The van der Waals surface area contributed by atoms with E-state index in [0.29, 0.717) is 13.2 Å². The average Bonchev–Trinajstić information content (AvgIpc) is 3.51. The molecule has 0 atom stereocenters. The van der Waals surface area contributed by atoms with Crippen molar-refractivity contribution in [3.8, 4) is 33.6 Å².